The lowest BCUT2D eigenvalue weighted by atomic mass is 9.90. The maximum Gasteiger partial charge on any atom is 0.232 e. The SMILES string of the molecule is Brc1ccc2[nH]c3c(c2c1)CCCC3N(Cc1ccccc1)C1=COCO1. The molecule has 0 saturated heterocycles. The van der Waals surface area contributed by atoms with Crippen molar-refractivity contribution in [3.8, 4) is 0 Å². The first-order chi connectivity index (χ1) is 13.3. The molecule has 1 aromatic heterocycles. The molecule has 0 saturated carbocycles. The van der Waals surface area contributed by atoms with E-state index in [1.807, 2.05) is 0 Å². The fraction of sp³-hybridized carbons (Fsp3) is 0.273. The van der Waals surface area contributed by atoms with E-state index in [2.05, 4.69) is 74.3 Å². The Morgan fingerprint density at radius 3 is 2.85 bits per heavy atom. The second kappa shape index (κ2) is 6.97. The van der Waals surface area contributed by atoms with Gasteiger partial charge in [0.05, 0.1) is 6.04 Å². The van der Waals surface area contributed by atoms with Crippen molar-refractivity contribution in [1.82, 2.24) is 9.88 Å². The van der Waals surface area contributed by atoms with Crippen LogP contribution in [0, 0.1) is 0 Å². The van der Waals surface area contributed by atoms with Crippen LogP contribution in [0.15, 0.2) is 65.1 Å². The molecule has 27 heavy (non-hydrogen) atoms. The lowest BCUT2D eigenvalue weighted by Crippen LogP contribution is -2.31. The van der Waals surface area contributed by atoms with Gasteiger partial charge in [0.2, 0.25) is 12.7 Å². The number of hydrogen-bond acceptors (Lipinski definition) is 3. The monoisotopic (exact) mass is 424 g/mol. The minimum Gasteiger partial charge on any atom is -0.459 e. The molecule has 5 rings (SSSR count). The van der Waals surface area contributed by atoms with Crippen molar-refractivity contribution < 1.29 is 9.47 Å². The van der Waals surface area contributed by atoms with E-state index >= 15 is 0 Å². The number of rotatable bonds is 4. The largest absolute Gasteiger partial charge is 0.459 e. The predicted molar refractivity (Wildman–Crippen MR) is 109 cm³/mol. The summed E-state index contributed by atoms with van der Waals surface area (Å²) in [6.07, 6.45) is 5.11. The summed E-state index contributed by atoms with van der Waals surface area (Å²) in [7, 11) is 0. The third kappa shape index (κ3) is 3.10. The zero-order valence-electron chi connectivity index (χ0n) is 15.0. The molecule has 0 bridgehead atoms. The Morgan fingerprint density at radius 2 is 2.04 bits per heavy atom. The molecule has 0 fully saturated rings. The molecule has 0 spiro atoms. The van der Waals surface area contributed by atoms with Crippen LogP contribution in [0.2, 0.25) is 0 Å². The van der Waals surface area contributed by atoms with Gasteiger partial charge >= 0.3 is 0 Å². The fourth-order valence-corrected chi connectivity index (χ4v) is 4.59. The Kier molecular flexibility index (Phi) is 4.32. The molecule has 1 aliphatic heterocycles. The van der Waals surface area contributed by atoms with Crippen LogP contribution >= 0.6 is 15.9 Å². The zero-order chi connectivity index (χ0) is 18.2. The molecule has 5 heteroatoms. The van der Waals surface area contributed by atoms with Gasteiger partial charge in [-0.2, -0.15) is 0 Å². The van der Waals surface area contributed by atoms with Crippen LogP contribution < -0.4 is 0 Å². The molecule has 1 atom stereocenters. The minimum absolute atomic E-state index is 0.244. The maximum atomic E-state index is 5.79. The van der Waals surface area contributed by atoms with E-state index in [1.54, 1.807) is 6.26 Å². The number of benzene rings is 2. The zero-order valence-corrected chi connectivity index (χ0v) is 16.5. The standard InChI is InChI=1S/C22H21BrN2O2/c23-16-9-10-19-18(11-16)17-7-4-8-20(22(17)24-19)25(21-13-26-14-27-21)12-15-5-2-1-3-6-15/h1-3,5-6,9-11,13,20,24H,4,7-8,12,14H2. The van der Waals surface area contributed by atoms with Crippen LogP contribution in [0.4, 0.5) is 0 Å². The van der Waals surface area contributed by atoms with E-state index in [4.69, 9.17) is 9.47 Å². The average Bonchev–Trinajstić information content (AvgIpc) is 3.35. The van der Waals surface area contributed by atoms with Gasteiger partial charge in [0.25, 0.3) is 0 Å². The topological polar surface area (TPSA) is 37.5 Å². The Hall–Kier alpha value is -2.40. The number of aromatic nitrogens is 1. The number of H-pyrrole nitrogens is 1. The van der Waals surface area contributed by atoms with Gasteiger partial charge in [-0.3, -0.25) is 0 Å². The molecule has 0 radical (unpaired) electrons. The summed E-state index contributed by atoms with van der Waals surface area (Å²) in [6, 6.07) is 17.3. The second-order valence-electron chi connectivity index (χ2n) is 7.11. The van der Waals surface area contributed by atoms with Gasteiger partial charge in [-0.25, -0.2) is 0 Å². The smallest absolute Gasteiger partial charge is 0.232 e. The molecule has 1 aliphatic carbocycles. The molecule has 3 aromatic rings. The molecule has 0 amide bonds. The van der Waals surface area contributed by atoms with Crippen LogP contribution in [0.3, 0.4) is 0 Å². The van der Waals surface area contributed by atoms with E-state index in [-0.39, 0.29) is 6.04 Å². The third-order valence-electron chi connectivity index (χ3n) is 5.45. The quantitative estimate of drug-likeness (QED) is 0.590. The van der Waals surface area contributed by atoms with Gasteiger partial charge in [-0.15, -0.1) is 0 Å². The summed E-state index contributed by atoms with van der Waals surface area (Å²) in [4.78, 5) is 6.04. The highest BCUT2D eigenvalue weighted by Crippen LogP contribution is 2.41. The Labute approximate surface area is 166 Å². The molecule has 1 N–H and O–H groups in total. The number of ether oxygens (including phenoxy) is 2. The Bertz CT molecular complexity index is 996. The second-order valence-corrected chi connectivity index (χ2v) is 8.03. The summed E-state index contributed by atoms with van der Waals surface area (Å²) in [6.45, 7) is 1.08. The molecular formula is C22H21BrN2O2. The summed E-state index contributed by atoms with van der Waals surface area (Å²) in [5, 5.41) is 1.32. The van der Waals surface area contributed by atoms with Gasteiger partial charge < -0.3 is 19.4 Å². The van der Waals surface area contributed by atoms with Gasteiger partial charge in [0.15, 0.2) is 0 Å². The molecule has 1 unspecified atom stereocenters. The minimum atomic E-state index is 0.244. The van der Waals surface area contributed by atoms with Gasteiger partial charge in [0, 0.05) is 27.6 Å². The number of nitrogens with zero attached hydrogens (tertiary/aromatic N) is 1. The average molecular weight is 425 g/mol. The summed E-state index contributed by atoms with van der Waals surface area (Å²) >= 11 is 3.62. The number of fused-ring (bicyclic) bond motifs is 3. The van der Waals surface area contributed by atoms with E-state index in [1.165, 1.54) is 27.7 Å². The van der Waals surface area contributed by atoms with Crippen molar-refractivity contribution >= 4 is 26.8 Å². The van der Waals surface area contributed by atoms with Crippen LogP contribution in [0.1, 0.15) is 35.7 Å². The lowest BCUT2D eigenvalue weighted by molar-refractivity contribution is 0.0315. The van der Waals surface area contributed by atoms with Crippen LogP contribution in [0.5, 0.6) is 0 Å². The van der Waals surface area contributed by atoms with Crippen molar-refractivity contribution in [2.75, 3.05) is 6.79 Å². The number of halogens is 1. The van der Waals surface area contributed by atoms with Gasteiger partial charge in [-0.05, 0) is 48.6 Å². The molecule has 2 heterocycles. The molecule has 2 aliphatic rings. The predicted octanol–water partition coefficient (Wildman–Crippen LogP) is 5.61. The van der Waals surface area contributed by atoms with Crippen molar-refractivity contribution in [2.24, 2.45) is 0 Å². The van der Waals surface area contributed by atoms with Crippen LogP contribution in [0.25, 0.3) is 10.9 Å². The number of aromatic amines is 1. The highest BCUT2D eigenvalue weighted by molar-refractivity contribution is 9.10. The van der Waals surface area contributed by atoms with Gasteiger partial charge in [0.1, 0.15) is 6.26 Å². The summed E-state index contributed by atoms with van der Waals surface area (Å²) in [5.41, 5.74) is 5.20. The van der Waals surface area contributed by atoms with E-state index < -0.39 is 0 Å². The number of aryl methyl sites for hydroxylation is 1. The van der Waals surface area contributed by atoms with Crippen molar-refractivity contribution in [3.05, 3.63) is 82.0 Å². The Balaban J connectivity index is 1.57. The van der Waals surface area contributed by atoms with Crippen molar-refractivity contribution in [3.63, 3.8) is 0 Å². The van der Waals surface area contributed by atoms with Crippen LogP contribution in [-0.4, -0.2) is 16.7 Å². The first-order valence-electron chi connectivity index (χ1n) is 9.35. The molecule has 4 nitrogen and oxygen atoms in total. The lowest BCUT2D eigenvalue weighted by Gasteiger charge is -2.35. The van der Waals surface area contributed by atoms with E-state index in [0.29, 0.717) is 6.79 Å². The van der Waals surface area contributed by atoms with Gasteiger partial charge in [-0.1, -0.05) is 46.3 Å². The Morgan fingerprint density at radius 1 is 1.15 bits per heavy atom. The van der Waals surface area contributed by atoms with E-state index in [9.17, 15) is 0 Å². The summed E-state index contributed by atoms with van der Waals surface area (Å²) < 4.78 is 12.3. The molecular weight excluding hydrogens is 404 g/mol. The molecule has 138 valence electrons. The van der Waals surface area contributed by atoms with Crippen LogP contribution in [-0.2, 0) is 22.4 Å². The first-order valence-corrected chi connectivity index (χ1v) is 10.1. The van der Waals surface area contributed by atoms with E-state index in [0.717, 1.165) is 36.2 Å². The molecule has 2 aromatic carbocycles. The summed E-state index contributed by atoms with van der Waals surface area (Å²) in [5.74, 6) is 0.816. The van der Waals surface area contributed by atoms with Crippen molar-refractivity contribution in [1.29, 1.82) is 0 Å². The maximum absolute atomic E-state index is 5.79. The highest BCUT2D eigenvalue weighted by Gasteiger charge is 2.32. The number of hydrogen-bond donors (Lipinski definition) is 1. The first kappa shape index (κ1) is 16.8. The number of nitrogens with one attached hydrogen (secondary N) is 1. The normalized spacial score (nSPS) is 18.6. The third-order valence-corrected chi connectivity index (χ3v) is 5.95. The fourth-order valence-electron chi connectivity index (χ4n) is 4.23. The highest BCUT2D eigenvalue weighted by atomic mass is 79.9. The van der Waals surface area contributed by atoms with Crippen molar-refractivity contribution in [2.45, 2.75) is 31.8 Å².